The lowest BCUT2D eigenvalue weighted by Gasteiger charge is -2.42. The van der Waals surface area contributed by atoms with Crippen LogP contribution in [0.3, 0.4) is 0 Å². The van der Waals surface area contributed by atoms with Crippen molar-refractivity contribution in [3.05, 3.63) is 47.3 Å². The molecule has 1 saturated heterocycles. The van der Waals surface area contributed by atoms with Crippen molar-refractivity contribution in [3.8, 4) is 0 Å². The van der Waals surface area contributed by atoms with Crippen molar-refractivity contribution in [2.75, 3.05) is 38.7 Å². The van der Waals surface area contributed by atoms with E-state index in [9.17, 15) is 18.3 Å². The summed E-state index contributed by atoms with van der Waals surface area (Å²) < 4.78 is 27.8. The predicted molar refractivity (Wildman–Crippen MR) is 120 cm³/mol. The second-order valence-corrected chi connectivity index (χ2v) is 11.1. The first-order valence-electron chi connectivity index (χ1n) is 9.98. The number of benzene rings is 1. The van der Waals surface area contributed by atoms with Crippen molar-refractivity contribution in [1.29, 1.82) is 0 Å². The zero-order valence-electron chi connectivity index (χ0n) is 18.2. The summed E-state index contributed by atoms with van der Waals surface area (Å²) in [4.78, 5) is 19.6. The summed E-state index contributed by atoms with van der Waals surface area (Å²) in [6, 6.07) is 10.5. The minimum absolute atomic E-state index is 0.105. The Morgan fingerprint density at radius 1 is 1.26 bits per heavy atom. The van der Waals surface area contributed by atoms with Crippen molar-refractivity contribution in [2.45, 2.75) is 36.1 Å². The average molecular weight is 468 g/mol. The number of rotatable bonds is 7. The molecule has 10 heteroatoms. The van der Waals surface area contributed by atoms with Gasteiger partial charge >= 0.3 is 0 Å². The third kappa shape index (κ3) is 5.27. The molecule has 0 unspecified atom stereocenters. The fourth-order valence-electron chi connectivity index (χ4n) is 3.59. The number of hydrogen-bond acceptors (Lipinski definition) is 7. The van der Waals surface area contributed by atoms with Crippen molar-refractivity contribution in [2.24, 2.45) is 0 Å². The summed E-state index contributed by atoms with van der Waals surface area (Å²) in [6.07, 6.45) is 0.105. The highest BCUT2D eigenvalue weighted by Crippen LogP contribution is 2.29. The molecule has 8 nitrogen and oxygen atoms in total. The Balaban J connectivity index is 1.87. The lowest BCUT2D eigenvalue weighted by Crippen LogP contribution is -2.56. The largest absolute Gasteiger partial charge is 0.386 e. The van der Waals surface area contributed by atoms with E-state index >= 15 is 0 Å². The van der Waals surface area contributed by atoms with Crippen LogP contribution in [0, 0.1) is 0 Å². The monoisotopic (exact) mass is 467 g/mol. The van der Waals surface area contributed by atoms with Gasteiger partial charge in [0.2, 0.25) is 5.91 Å². The van der Waals surface area contributed by atoms with E-state index < -0.39 is 15.6 Å². The maximum atomic E-state index is 13.0. The van der Waals surface area contributed by atoms with E-state index in [1.807, 2.05) is 24.3 Å². The van der Waals surface area contributed by atoms with Gasteiger partial charge in [-0.2, -0.15) is 4.31 Å². The molecule has 31 heavy (non-hydrogen) atoms. The summed E-state index contributed by atoms with van der Waals surface area (Å²) in [7, 11) is -0.657. The number of carbonyl (C=O) groups excluding carboxylic acids is 1. The molecular formula is C21H29N3O5S2. The first-order chi connectivity index (χ1) is 14.5. The van der Waals surface area contributed by atoms with Crippen LogP contribution in [-0.4, -0.2) is 68.6 Å². The molecule has 2 aromatic rings. The molecule has 1 aromatic carbocycles. The Bertz CT molecular complexity index is 985. The highest BCUT2D eigenvalue weighted by atomic mass is 32.2. The van der Waals surface area contributed by atoms with Crippen LogP contribution in [0.4, 0.5) is 5.69 Å². The maximum Gasteiger partial charge on any atom is 0.252 e. The van der Waals surface area contributed by atoms with Gasteiger partial charge in [0.25, 0.3) is 10.0 Å². The summed E-state index contributed by atoms with van der Waals surface area (Å²) in [5.74, 6) is -0.235. The first-order valence-corrected chi connectivity index (χ1v) is 12.3. The van der Waals surface area contributed by atoms with Crippen LogP contribution >= 0.6 is 11.3 Å². The molecule has 1 aromatic heterocycles. The van der Waals surface area contributed by atoms with Crippen LogP contribution in [0.5, 0.6) is 0 Å². The number of amides is 1. The number of anilines is 1. The number of hydrogen-bond donors (Lipinski definition) is 1. The van der Waals surface area contributed by atoms with Crippen LogP contribution in [0.1, 0.15) is 25.8 Å². The van der Waals surface area contributed by atoms with E-state index in [0.29, 0.717) is 17.3 Å². The Kier molecular flexibility index (Phi) is 7.07. The third-order valence-corrected chi connectivity index (χ3v) is 8.71. The molecule has 1 atom stereocenters. The van der Waals surface area contributed by atoms with E-state index in [2.05, 4.69) is 4.90 Å². The second-order valence-electron chi connectivity index (χ2n) is 8.03. The van der Waals surface area contributed by atoms with Crippen molar-refractivity contribution < 1.29 is 23.2 Å². The average Bonchev–Trinajstić information content (AvgIpc) is 3.28. The number of hydroxylamine groups is 2. The quantitative estimate of drug-likeness (QED) is 0.629. The van der Waals surface area contributed by atoms with Gasteiger partial charge < -0.3 is 10.0 Å². The van der Waals surface area contributed by atoms with Gasteiger partial charge in [-0.05, 0) is 43.0 Å². The molecule has 1 N–H and O–H groups in total. The van der Waals surface area contributed by atoms with E-state index in [1.165, 1.54) is 29.8 Å². The first kappa shape index (κ1) is 23.7. The Hall–Kier alpha value is -1.98. The van der Waals surface area contributed by atoms with Gasteiger partial charge in [0.15, 0.2) is 0 Å². The number of carbonyl (C=O) groups is 1. The Labute approximate surface area is 187 Å². The number of sulfonamides is 1. The highest BCUT2D eigenvalue weighted by molar-refractivity contribution is 7.91. The normalized spacial score (nSPS) is 18.2. The second kappa shape index (κ2) is 9.25. The molecule has 1 aliphatic rings. The molecule has 3 rings (SSSR count). The number of nitrogens with zero attached hydrogens (tertiary/aromatic N) is 3. The molecule has 2 heterocycles. The summed E-state index contributed by atoms with van der Waals surface area (Å²) in [6.45, 7) is 4.40. The molecule has 0 aliphatic carbocycles. The highest BCUT2D eigenvalue weighted by Gasteiger charge is 2.36. The zero-order chi connectivity index (χ0) is 22.8. The standard InChI is InChI=1S/C21H29N3O5S2/c1-21(2,26)16-7-9-17(10-8-16)24-12-11-23(31(27,28)20-6-5-13-30-20)15-18(24)14-19(25)22(3)29-4/h5-10,13,18,26H,11-12,14-15H2,1-4H3/t18-/m0/s1. The van der Waals surface area contributed by atoms with Crippen molar-refractivity contribution >= 4 is 33.0 Å². The van der Waals surface area contributed by atoms with Gasteiger partial charge in [0.05, 0.1) is 25.2 Å². The minimum atomic E-state index is -3.61. The topological polar surface area (TPSA) is 90.4 Å². The fourth-order valence-corrected chi connectivity index (χ4v) is 6.20. The zero-order valence-corrected chi connectivity index (χ0v) is 19.8. The van der Waals surface area contributed by atoms with Crippen molar-refractivity contribution in [3.63, 3.8) is 0 Å². The SMILES string of the molecule is CON(C)C(=O)C[C@H]1CN(S(=O)(=O)c2cccs2)CCN1c1ccc(C(C)(C)O)cc1. The molecular weight excluding hydrogens is 438 g/mol. The number of thiophene rings is 1. The number of piperazine rings is 1. The fraction of sp³-hybridized carbons (Fsp3) is 0.476. The predicted octanol–water partition coefficient (Wildman–Crippen LogP) is 2.26. The van der Waals surface area contributed by atoms with E-state index in [1.54, 1.807) is 31.4 Å². The molecule has 0 spiro atoms. The molecule has 0 saturated carbocycles. The summed E-state index contributed by atoms with van der Waals surface area (Å²) in [5.41, 5.74) is 0.698. The van der Waals surface area contributed by atoms with Crippen LogP contribution in [0.15, 0.2) is 46.0 Å². The molecule has 0 radical (unpaired) electrons. The van der Waals surface area contributed by atoms with E-state index in [4.69, 9.17) is 4.84 Å². The van der Waals surface area contributed by atoms with Gasteiger partial charge in [-0.3, -0.25) is 9.63 Å². The molecule has 1 fully saturated rings. The Morgan fingerprint density at radius 2 is 1.94 bits per heavy atom. The molecule has 1 amide bonds. The summed E-state index contributed by atoms with van der Waals surface area (Å²) >= 11 is 1.19. The Morgan fingerprint density at radius 3 is 2.48 bits per heavy atom. The number of aliphatic hydroxyl groups is 1. The van der Waals surface area contributed by atoms with E-state index in [-0.39, 0.29) is 24.9 Å². The van der Waals surface area contributed by atoms with Crippen LogP contribution < -0.4 is 4.90 Å². The molecule has 1 aliphatic heterocycles. The van der Waals surface area contributed by atoms with Gasteiger partial charge in [-0.1, -0.05) is 18.2 Å². The smallest absolute Gasteiger partial charge is 0.252 e. The molecule has 170 valence electrons. The molecule has 0 bridgehead atoms. The lowest BCUT2D eigenvalue weighted by molar-refractivity contribution is -0.169. The lowest BCUT2D eigenvalue weighted by atomic mass is 9.97. The van der Waals surface area contributed by atoms with Gasteiger partial charge in [-0.25, -0.2) is 13.5 Å². The van der Waals surface area contributed by atoms with Gasteiger partial charge in [0, 0.05) is 32.4 Å². The van der Waals surface area contributed by atoms with Crippen molar-refractivity contribution in [1.82, 2.24) is 9.37 Å². The van der Waals surface area contributed by atoms with Crippen LogP contribution in [0.25, 0.3) is 0 Å². The van der Waals surface area contributed by atoms with E-state index in [0.717, 1.165) is 16.3 Å². The maximum absolute atomic E-state index is 13.0. The minimum Gasteiger partial charge on any atom is -0.386 e. The summed E-state index contributed by atoms with van der Waals surface area (Å²) in [5, 5.41) is 13.1. The van der Waals surface area contributed by atoms with Gasteiger partial charge in [-0.15, -0.1) is 11.3 Å². The van der Waals surface area contributed by atoms with Gasteiger partial charge in [0.1, 0.15) is 4.21 Å². The third-order valence-electron chi connectivity index (χ3n) is 5.48. The van der Waals surface area contributed by atoms with Crippen LogP contribution in [-0.2, 0) is 25.3 Å². The van der Waals surface area contributed by atoms with Crippen LogP contribution in [0.2, 0.25) is 0 Å².